The maximum atomic E-state index is 13.4. The molecule has 0 heterocycles. The van der Waals surface area contributed by atoms with Crippen LogP contribution in [0.3, 0.4) is 0 Å². The van der Waals surface area contributed by atoms with E-state index in [1.54, 1.807) is 42.5 Å². The number of rotatable bonds is 4. The standard InChI is InChI=1S/C15H13ClFNO/c16-13-7-3-2-6-12(13)15(19)18-10-9-11-5-1-4-8-14(11)17/h1-8H,9-10H2,(H,18,19). The number of nitrogens with one attached hydrogen (secondary N) is 1. The quantitative estimate of drug-likeness (QED) is 0.911. The molecule has 0 atom stereocenters. The minimum absolute atomic E-state index is 0.248. The van der Waals surface area contributed by atoms with E-state index in [4.69, 9.17) is 11.6 Å². The summed E-state index contributed by atoms with van der Waals surface area (Å²) in [5.74, 6) is -0.503. The van der Waals surface area contributed by atoms with Crippen LogP contribution in [-0.2, 0) is 6.42 Å². The van der Waals surface area contributed by atoms with E-state index >= 15 is 0 Å². The lowest BCUT2D eigenvalue weighted by molar-refractivity contribution is 0.0954. The topological polar surface area (TPSA) is 29.1 Å². The van der Waals surface area contributed by atoms with Crippen LogP contribution in [0.25, 0.3) is 0 Å². The first-order valence-electron chi connectivity index (χ1n) is 5.94. The van der Waals surface area contributed by atoms with Crippen molar-refractivity contribution in [2.75, 3.05) is 6.54 Å². The Morgan fingerprint density at radius 1 is 1.11 bits per heavy atom. The number of benzene rings is 2. The number of amides is 1. The highest BCUT2D eigenvalue weighted by molar-refractivity contribution is 6.33. The highest BCUT2D eigenvalue weighted by Crippen LogP contribution is 2.14. The Labute approximate surface area is 116 Å². The molecule has 0 aliphatic rings. The molecule has 98 valence electrons. The van der Waals surface area contributed by atoms with Gasteiger partial charge in [-0.05, 0) is 30.2 Å². The fourth-order valence-electron chi connectivity index (χ4n) is 1.75. The fourth-order valence-corrected chi connectivity index (χ4v) is 1.97. The molecule has 2 rings (SSSR count). The summed E-state index contributed by atoms with van der Waals surface area (Å²) in [6.45, 7) is 0.366. The Kier molecular flexibility index (Phi) is 4.53. The predicted octanol–water partition coefficient (Wildman–Crippen LogP) is 3.45. The van der Waals surface area contributed by atoms with Crippen molar-refractivity contribution in [3.63, 3.8) is 0 Å². The molecule has 0 saturated heterocycles. The molecule has 0 radical (unpaired) electrons. The molecule has 4 heteroatoms. The van der Waals surface area contributed by atoms with Crippen molar-refractivity contribution in [2.24, 2.45) is 0 Å². The first-order valence-corrected chi connectivity index (χ1v) is 6.32. The van der Waals surface area contributed by atoms with Gasteiger partial charge >= 0.3 is 0 Å². The van der Waals surface area contributed by atoms with Crippen molar-refractivity contribution in [2.45, 2.75) is 6.42 Å². The summed E-state index contributed by atoms with van der Waals surface area (Å²) in [5, 5.41) is 3.13. The van der Waals surface area contributed by atoms with Gasteiger partial charge in [-0.1, -0.05) is 41.9 Å². The first kappa shape index (κ1) is 13.6. The zero-order valence-corrected chi connectivity index (χ0v) is 11.0. The van der Waals surface area contributed by atoms with Crippen LogP contribution in [0, 0.1) is 5.82 Å². The maximum Gasteiger partial charge on any atom is 0.252 e. The summed E-state index contributed by atoms with van der Waals surface area (Å²) in [4.78, 5) is 11.9. The molecule has 0 bridgehead atoms. The third kappa shape index (κ3) is 3.55. The Morgan fingerprint density at radius 2 is 1.79 bits per heavy atom. The van der Waals surface area contributed by atoms with Crippen LogP contribution in [0.1, 0.15) is 15.9 Å². The third-order valence-electron chi connectivity index (χ3n) is 2.76. The lowest BCUT2D eigenvalue weighted by Crippen LogP contribution is -2.26. The van der Waals surface area contributed by atoms with E-state index in [-0.39, 0.29) is 11.7 Å². The van der Waals surface area contributed by atoms with Crippen molar-refractivity contribution in [3.05, 3.63) is 70.5 Å². The third-order valence-corrected chi connectivity index (χ3v) is 3.09. The lowest BCUT2D eigenvalue weighted by Gasteiger charge is -2.07. The summed E-state index contributed by atoms with van der Waals surface area (Å²) in [6, 6.07) is 13.3. The molecule has 2 nitrogen and oxygen atoms in total. The van der Waals surface area contributed by atoms with E-state index < -0.39 is 0 Å². The van der Waals surface area contributed by atoms with Crippen LogP contribution >= 0.6 is 11.6 Å². The minimum Gasteiger partial charge on any atom is -0.352 e. The molecule has 0 aliphatic carbocycles. The highest BCUT2D eigenvalue weighted by Gasteiger charge is 2.09. The minimum atomic E-state index is -0.255. The SMILES string of the molecule is O=C(NCCc1ccccc1F)c1ccccc1Cl. The molecular weight excluding hydrogens is 265 g/mol. The van der Waals surface area contributed by atoms with E-state index in [2.05, 4.69) is 5.32 Å². The number of carbonyl (C=O) groups excluding carboxylic acids is 1. The van der Waals surface area contributed by atoms with E-state index in [1.807, 2.05) is 0 Å². The summed E-state index contributed by atoms with van der Waals surface area (Å²) in [6.07, 6.45) is 0.447. The van der Waals surface area contributed by atoms with Crippen LogP contribution < -0.4 is 5.32 Å². The molecule has 0 fully saturated rings. The molecule has 0 spiro atoms. The summed E-state index contributed by atoms with van der Waals surface area (Å²) in [7, 11) is 0. The number of carbonyl (C=O) groups is 1. The zero-order valence-electron chi connectivity index (χ0n) is 10.2. The molecule has 2 aromatic rings. The van der Waals surface area contributed by atoms with E-state index in [0.29, 0.717) is 29.1 Å². The van der Waals surface area contributed by atoms with Crippen molar-refractivity contribution in [3.8, 4) is 0 Å². The smallest absolute Gasteiger partial charge is 0.252 e. The van der Waals surface area contributed by atoms with Gasteiger partial charge in [0.2, 0.25) is 0 Å². The Hall–Kier alpha value is -1.87. The second-order valence-electron chi connectivity index (χ2n) is 4.08. The van der Waals surface area contributed by atoms with Crippen LogP contribution in [0.4, 0.5) is 4.39 Å². The van der Waals surface area contributed by atoms with Crippen molar-refractivity contribution < 1.29 is 9.18 Å². The van der Waals surface area contributed by atoms with Gasteiger partial charge in [0.25, 0.3) is 5.91 Å². The molecule has 1 N–H and O–H groups in total. The van der Waals surface area contributed by atoms with Gasteiger partial charge < -0.3 is 5.32 Å². The predicted molar refractivity (Wildman–Crippen MR) is 73.9 cm³/mol. The van der Waals surface area contributed by atoms with Gasteiger partial charge in [-0.3, -0.25) is 4.79 Å². The molecule has 0 aliphatic heterocycles. The fraction of sp³-hybridized carbons (Fsp3) is 0.133. The van der Waals surface area contributed by atoms with Gasteiger partial charge in [0, 0.05) is 6.54 Å². The van der Waals surface area contributed by atoms with E-state index in [0.717, 1.165) is 0 Å². The van der Waals surface area contributed by atoms with Crippen molar-refractivity contribution in [1.29, 1.82) is 0 Å². The number of halogens is 2. The summed E-state index contributed by atoms with van der Waals surface area (Å²) in [5.41, 5.74) is 1.01. The summed E-state index contributed by atoms with van der Waals surface area (Å²) < 4.78 is 13.4. The molecule has 0 unspecified atom stereocenters. The average Bonchev–Trinajstić information content (AvgIpc) is 2.41. The molecule has 2 aromatic carbocycles. The average molecular weight is 278 g/mol. The monoisotopic (exact) mass is 277 g/mol. The molecular formula is C15H13ClFNO. The number of hydrogen-bond donors (Lipinski definition) is 1. The van der Waals surface area contributed by atoms with Crippen molar-refractivity contribution in [1.82, 2.24) is 5.32 Å². The zero-order chi connectivity index (χ0) is 13.7. The maximum absolute atomic E-state index is 13.4. The second kappa shape index (κ2) is 6.34. The highest BCUT2D eigenvalue weighted by atomic mass is 35.5. The Bertz CT molecular complexity index is 586. The number of hydrogen-bond acceptors (Lipinski definition) is 1. The molecule has 1 amide bonds. The van der Waals surface area contributed by atoms with Crippen LogP contribution in [0.5, 0.6) is 0 Å². The summed E-state index contributed by atoms with van der Waals surface area (Å²) >= 11 is 5.92. The van der Waals surface area contributed by atoms with Gasteiger partial charge in [0.15, 0.2) is 0 Å². The largest absolute Gasteiger partial charge is 0.352 e. The van der Waals surface area contributed by atoms with Gasteiger partial charge in [0.05, 0.1) is 10.6 Å². The van der Waals surface area contributed by atoms with Gasteiger partial charge in [-0.25, -0.2) is 4.39 Å². The van der Waals surface area contributed by atoms with Crippen molar-refractivity contribution >= 4 is 17.5 Å². The van der Waals surface area contributed by atoms with E-state index in [9.17, 15) is 9.18 Å². The normalized spacial score (nSPS) is 10.2. The molecule has 0 aromatic heterocycles. The van der Waals surface area contributed by atoms with Crippen LogP contribution in [-0.4, -0.2) is 12.5 Å². The van der Waals surface area contributed by atoms with Crippen LogP contribution in [0.15, 0.2) is 48.5 Å². The lowest BCUT2D eigenvalue weighted by atomic mass is 10.1. The first-order chi connectivity index (χ1) is 9.18. The van der Waals surface area contributed by atoms with E-state index in [1.165, 1.54) is 6.07 Å². The molecule has 0 saturated carbocycles. The van der Waals surface area contributed by atoms with Crippen LogP contribution in [0.2, 0.25) is 5.02 Å². The molecule has 19 heavy (non-hydrogen) atoms. The Balaban J connectivity index is 1.92. The Morgan fingerprint density at radius 3 is 2.53 bits per heavy atom. The van der Waals surface area contributed by atoms with Gasteiger partial charge in [-0.15, -0.1) is 0 Å². The van der Waals surface area contributed by atoms with Gasteiger partial charge in [0.1, 0.15) is 5.82 Å². The van der Waals surface area contributed by atoms with Gasteiger partial charge in [-0.2, -0.15) is 0 Å². The second-order valence-corrected chi connectivity index (χ2v) is 4.48.